The summed E-state index contributed by atoms with van der Waals surface area (Å²) in [6.07, 6.45) is 1.05. The van der Waals surface area contributed by atoms with Crippen LogP contribution in [0.4, 0.5) is 4.79 Å². The lowest BCUT2D eigenvalue weighted by molar-refractivity contribution is -0.139. The minimum atomic E-state index is -2.57. The molecule has 188 valence electrons. The second kappa shape index (κ2) is 13.1. The van der Waals surface area contributed by atoms with E-state index in [2.05, 4.69) is 36.8 Å². The predicted octanol–water partition coefficient (Wildman–Crippen LogP) is 2.25. The Balaban J connectivity index is 5.34. The van der Waals surface area contributed by atoms with Gasteiger partial charge < -0.3 is 24.9 Å². The number of carbonyl (C=O) groups excluding carboxylic acids is 2. The average molecular weight is 477 g/mol. The maximum Gasteiger partial charge on any atom is 0.407 e. The zero-order valence-corrected chi connectivity index (χ0v) is 22.3. The molecule has 0 aliphatic rings. The molecule has 32 heavy (non-hydrogen) atoms. The number of hydrazine groups is 1. The van der Waals surface area contributed by atoms with E-state index in [0.29, 0.717) is 12.6 Å². The Morgan fingerprint density at radius 3 is 2.19 bits per heavy atom. The molecule has 11 heteroatoms. The Morgan fingerprint density at radius 1 is 1.12 bits per heavy atom. The molecule has 0 aliphatic heterocycles. The zero-order chi connectivity index (χ0) is 25.2. The van der Waals surface area contributed by atoms with Gasteiger partial charge in [-0.15, -0.1) is 0 Å². The van der Waals surface area contributed by atoms with Crippen LogP contribution in [0.1, 0.15) is 60.8 Å². The number of nitrogens with one attached hydrogen (secondary N) is 3. The van der Waals surface area contributed by atoms with E-state index >= 15 is 0 Å². The first-order chi connectivity index (χ1) is 14.5. The van der Waals surface area contributed by atoms with Gasteiger partial charge in [0.25, 0.3) is 0 Å². The van der Waals surface area contributed by atoms with Crippen LogP contribution in [0.2, 0.25) is 11.6 Å². The normalized spacial score (nSPS) is 15.1. The monoisotopic (exact) mass is 476 g/mol. The number of carbonyl (C=O) groups is 3. The van der Waals surface area contributed by atoms with Crippen LogP contribution >= 0.6 is 0 Å². The van der Waals surface area contributed by atoms with Crippen LogP contribution in [0.25, 0.3) is 0 Å². The molecule has 0 radical (unpaired) electrons. The summed E-state index contributed by atoms with van der Waals surface area (Å²) in [6, 6.07) is 0. The number of nitrogens with zero attached hydrogens (tertiary/aromatic N) is 1. The third kappa shape index (κ3) is 13.0. The molecule has 0 aliphatic carbocycles. The van der Waals surface area contributed by atoms with Crippen molar-refractivity contribution < 1.29 is 28.7 Å². The van der Waals surface area contributed by atoms with Gasteiger partial charge in [-0.3, -0.25) is 15.0 Å². The number of hydrogen-bond acceptors (Lipinski definition) is 7. The summed E-state index contributed by atoms with van der Waals surface area (Å²) >= 11 is 0. The summed E-state index contributed by atoms with van der Waals surface area (Å²) in [5, 5.41) is 15.8. The fraction of sp³-hybridized carbons (Fsp3) is 0.857. The highest BCUT2D eigenvalue weighted by molar-refractivity contribution is 6.75. The first-order valence-electron chi connectivity index (χ1n) is 11.0. The first kappa shape index (κ1) is 30.3. The standard InChI is InChI=1S/C21H44N4O6Si/c1-20(2,3)30-19(29)23-15-32(9,21(4,5)6)31-16(11-10-12-22-7)13-17(26)24-25(8)14-18(27)28/h16,22H,10-15H2,1-9H3,(H,23,29)(H,24,26)(H,27,28)/t16-,32?/m1/s1. The molecule has 0 rings (SSSR count). The smallest absolute Gasteiger partial charge is 0.407 e. The Bertz CT molecular complexity index is 620. The summed E-state index contributed by atoms with van der Waals surface area (Å²) in [4.78, 5) is 35.6. The van der Waals surface area contributed by atoms with Gasteiger partial charge in [0.15, 0.2) is 0 Å². The quantitative estimate of drug-likeness (QED) is 0.181. The minimum Gasteiger partial charge on any atom is -0.480 e. The summed E-state index contributed by atoms with van der Waals surface area (Å²) in [7, 11) is 0.799. The largest absolute Gasteiger partial charge is 0.480 e. The fourth-order valence-corrected chi connectivity index (χ4v) is 5.21. The van der Waals surface area contributed by atoms with Gasteiger partial charge in [0, 0.05) is 13.2 Å². The fourth-order valence-electron chi connectivity index (χ4n) is 2.82. The van der Waals surface area contributed by atoms with E-state index in [-0.39, 0.29) is 30.0 Å². The molecule has 0 aromatic heterocycles. The second-order valence-corrected chi connectivity index (χ2v) is 14.9. The highest BCUT2D eigenvalue weighted by atomic mass is 28.4. The number of ether oxygens (including phenoxy) is 1. The van der Waals surface area contributed by atoms with E-state index in [1.54, 1.807) is 20.8 Å². The van der Waals surface area contributed by atoms with Gasteiger partial charge in [0.1, 0.15) is 12.1 Å². The number of carboxylic acid groups (broad SMARTS) is 1. The topological polar surface area (TPSA) is 129 Å². The number of amides is 2. The van der Waals surface area contributed by atoms with Gasteiger partial charge >= 0.3 is 12.1 Å². The van der Waals surface area contributed by atoms with Crippen LogP contribution in [0.5, 0.6) is 0 Å². The van der Waals surface area contributed by atoms with Crippen LogP contribution < -0.4 is 16.1 Å². The highest BCUT2D eigenvalue weighted by Crippen LogP contribution is 2.38. The van der Waals surface area contributed by atoms with E-state index in [9.17, 15) is 14.4 Å². The van der Waals surface area contributed by atoms with Crippen LogP contribution in [-0.2, 0) is 18.8 Å². The highest BCUT2D eigenvalue weighted by Gasteiger charge is 2.44. The Labute approximate surface area is 193 Å². The lowest BCUT2D eigenvalue weighted by Crippen LogP contribution is -2.56. The van der Waals surface area contributed by atoms with Gasteiger partial charge in [-0.25, -0.2) is 9.80 Å². The number of hydrogen-bond donors (Lipinski definition) is 4. The lowest BCUT2D eigenvalue weighted by atomic mass is 10.1. The van der Waals surface area contributed by atoms with Gasteiger partial charge in [-0.2, -0.15) is 0 Å². The molecule has 0 bridgehead atoms. The van der Waals surface area contributed by atoms with E-state index in [1.807, 2.05) is 13.6 Å². The third-order valence-electron chi connectivity index (χ3n) is 5.04. The summed E-state index contributed by atoms with van der Waals surface area (Å²) in [5.74, 6) is -1.34. The molecule has 1 unspecified atom stereocenters. The Morgan fingerprint density at radius 2 is 1.72 bits per heavy atom. The molecule has 2 atom stereocenters. The molecule has 2 amide bonds. The molecular weight excluding hydrogens is 432 g/mol. The molecule has 0 fully saturated rings. The van der Waals surface area contributed by atoms with E-state index in [1.165, 1.54) is 12.1 Å². The maximum absolute atomic E-state index is 12.5. The number of rotatable bonds is 13. The molecule has 0 heterocycles. The van der Waals surface area contributed by atoms with E-state index in [0.717, 1.165) is 13.0 Å². The SMILES string of the molecule is CNCCC[C@H](CC(=O)NN(C)CC(=O)O)O[Si](C)(CNC(=O)OC(C)(C)C)C(C)(C)C. The maximum atomic E-state index is 12.5. The van der Waals surface area contributed by atoms with E-state index < -0.39 is 26.0 Å². The van der Waals surface area contributed by atoms with Gasteiger partial charge in [0.2, 0.25) is 14.2 Å². The summed E-state index contributed by atoms with van der Waals surface area (Å²) in [6.45, 7) is 14.2. The first-order valence-corrected chi connectivity index (χ1v) is 13.6. The molecule has 0 aromatic rings. The molecule has 0 saturated heterocycles. The van der Waals surface area contributed by atoms with Crippen LogP contribution in [0.3, 0.4) is 0 Å². The van der Waals surface area contributed by atoms with Crippen molar-refractivity contribution in [2.24, 2.45) is 0 Å². The van der Waals surface area contributed by atoms with Crippen molar-refractivity contribution in [1.82, 2.24) is 21.1 Å². The van der Waals surface area contributed by atoms with Gasteiger partial charge in [0.05, 0.1) is 12.5 Å². The summed E-state index contributed by atoms with van der Waals surface area (Å²) < 4.78 is 12.0. The lowest BCUT2D eigenvalue weighted by Gasteiger charge is -2.42. The molecule has 0 spiro atoms. The zero-order valence-electron chi connectivity index (χ0n) is 21.3. The Kier molecular flexibility index (Phi) is 12.4. The Hall–Kier alpha value is -1.69. The minimum absolute atomic E-state index is 0.0960. The number of carboxylic acids is 1. The van der Waals surface area contributed by atoms with Crippen molar-refractivity contribution in [3.63, 3.8) is 0 Å². The van der Waals surface area contributed by atoms with Crippen molar-refractivity contribution in [2.75, 3.05) is 33.4 Å². The van der Waals surface area contributed by atoms with Crippen molar-refractivity contribution >= 4 is 26.3 Å². The molecule has 4 N–H and O–H groups in total. The average Bonchev–Trinajstić information content (AvgIpc) is 2.56. The molecule has 0 saturated carbocycles. The molecule has 10 nitrogen and oxygen atoms in total. The summed E-state index contributed by atoms with van der Waals surface area (Å²) in [5.41, 5.74) is 1.98. The van der Waals surface area contributed by atoms with Crippen molar-refractivity contribution in [3.05, 3.63) is 0 Å². The van der Waals surface area contributed by atoms with Gasteiger partial charge in [-0.05, 0) is 58.8 Å². The van der Waals surface area contributed by atoms with Crippen molar-refractivity contribution in [3.8, 4) is 0 Å². The second-order valence-electron chi connectivity index (χ2n) is 10.3. The molecule has 0 aromatic carbocycles. The molecular formula is C21H44N4O6Si. The predicted molar refractivity (Wildman–Crippen MR) is 127 cm³/mol. The number of likely N-dealkylation sites (N-methyl/N-ethyl adjacent to an activating group) is 1. The van der Waals surface area contributed by atoms with Crippen LogP contribution in [-0.4, -0.2) is 81.5 Å². The number of aliphatic carboxylic acids is 1. The van der Waals surface area contributed by atoms with Crippen LogP contribution in [0, 0.1) is 0 Å². The van der Waals surface area contributed by atoms with Crippen molar-refractivity contribution in [2.45, 2.75) is 84.1 Å². The van der Waals surface area contributed by atoms with Crippen molar-refractivity contribution in [1.29, 1.82) is 0 Å². The third-order valence-corrected chi connectivity index (χ3v) is 9.91. The number of alkyl carbamates (subject to hydrolysis) is 1. The van der Waals surface area contributed by atoms with Gasteiger partial charge in [-0.1, -0.05) is 20.8 Å². The van der Waals surface area contributed by atoms with E-state index in [4.69, 9.17) is 14.3 Å². The van der Waals surface area contributed by atoms with Crippen LogP contribution in [0.15, 0.2) is 0 Å².